The lowest BCUT2D eigenvalue weighted by Crippen LogP contribution is -2.23. The van der Waals surface area contributed by atoms with Gasteiger partial charge in [-0.25, -0.2) is 4.68 Å². The van der Waals surface area contributed by atoms with Gasteiger partial charge in [-0.2, -0.15) is 5.10 Å². The number of anilines is 1. The van der Waals surface area contributed by atoms with Crippen LogP contribution in [-0.4, -0.2) is 34.0 Å². The Morgan fingerprint density at radius 1 is 1.10 bits per heavy atom. The molecule has 0 unspecified atom stereocenters. The first-order chi connectivity index (χ1) is 14.4. The van der Waals surface area contributed by atoms with Gasteiger partial charge >= 0.3 is 5.97 Å². The van der Waals surface area contributed by atoms with Crippen LogP contribution in [0.4, 0.5) is 5.69 Å². The van der Waals surface area contributed by atoms with Gasteiger partial charge in [-0.05, 0) is 36.2 Å². The number of Topliss-reactive ketones (excluding diaryl/α,β-unsaturated/α-hetero) is 1. The number of rotatable bonds is 5. The van der Waals surface area contributed by atoms with Crippen LogP contribution in [0.3, 0.4) is 0 Å². The monoisotopic (exact) mass is 405 g/mol. The molecule has 0 fully saturated rings. The summed E-state index contributed by atoms with van der Waals surface area (Å²) in [6.45, 7) is -0.395. The summed E-state index contributed by atoms with van der Waals surface area (Å²) in [5, 5.41) is 7.98. The first kappa shape index (κ1) is 19.5. The molecule has 0 atom stereocenters. The van der Waals surface area contributed by atoms with Crippen LogP contribution in [0.5, 0.6) is 0 Å². The third-order valence-electron chi connectivity index (χ3n) is 5.03. The van der Waals surface area contributed by atoms with Crippen LogP contribution in [0.1, 0.15) is 28.0 Å². The molecule has 4 rings (SSSR count). The number of nitrogens with zero attached hydrogens (tertiary/aromatic N) is 2. The molecule has 1 N–H and O–H groups in total. The molecule has 0 bridgehead atoms. The van der Waals surface area contributed by atoms with Gasteiger partial charge in [0.25, 0.3) is 5.56 Å². The summed E-state index contributed by atoms with van der Waals surface area (Å²) < 4.78 is 6.34. The molecule has 0 saturated carbocycles. The maximum Gasteiger partial charge on any atom is 0.312 e. The summed E-state index contributed by atoms with van der Waals surface area (Å²) in [6.07, 6.45) is 0.784. The molecular weight excluding hydrogens is 386 g/mol. The average molecular weight is 405 g/mol. The predicted molar refractivity (Wildman–Crippen MR) is 109 cm³/mol. The van der Waals surface area contributed by atoms with E-state index in [-0.39, 0.29) is 23.7 Å². The second kappa shape index (κ2) is 7.90. The molecule has 1 aliphatic rings. The highest BCUT2D eigenvalue weighted by atomic mass is 16.5. The molecule has 1 aliphatic heterocycles. The van der Waals surface area contributed by atoms with Crippen LogP contribution >= 0.6 is 0 Å². The fraction of sp³-hybridized carbons (Fsp3) is 0.227. The molecule has 0 aliphatic carbocycles. The minimum Gasteiger partial charge on any atom is -0.457 e. The van der Waals surface area contributed by atoms with Crippen molar-refractivity contribution in [3.8, 4) is 0 Å². The molecule has 0 saturated heterocycles. The Kier molecular flexibility index (Phi) is 5.14. The summed E-state index contributed by atoms with van der Waals surface area (Å²) in [6, 6.07) is 11.9. The number of ether oxygens (including phenoxy) is 1. The summed E-state index contributed by atoms with van der Waals surface area (Å²) in [5.74, 6) is -0.985. The van der Waals surface area contributed by atoms with E-state index >= 15 is 0 Å². The fourth-order valence-corrected chi connectivity index (χ4v) is 3.48. The molecule has 8 heteroatoms. The molecule has 0 radical (unpaired) electrons. The van der Waals surface area contributed by atoms with Gasteiger partial charge in [-0.15, -0.1) is 0 Å². The van der Waals surface area contributed by atoms with Crippen molar-refractivity contribution < 1.29 is 19.1 Å². The van der Waals surface area contributed by atoms with Crippen molar-refractivity contribution in [3.63, 3.8) is 0 Å². The third kappa shape index (κ3) is 3.84. The molecule has 2 aromatic carbocycles. The molecular formula is C22H19N3O5. The SMILES string of the molecule is Cn1nc(CC(=O)OCC(=O)c2ccc3c(c2)CCC(=O)N3)c2ccccc2c1=O. The smallest absolute Gasteiger partial charge is 0.312 e. The Labute approximate surface area is 171 Å². The highest BCUT2D eigenvalue weighted by Gasteiger charge is 2.18. The second-order valence-corrected chi connectivity index (χ2v) is 7.10. The zero-order valence-corrected chi connectivity index (χ0v) is 16.3. The van der Waals surface area contributed by atoms with Crippen LogP contribution in [0.15, 0.2) is 47.3 Å². The van der Waals surface area contributed by atoms with E-state index in [1.807, 2.05) is 0 Å². The Hall–Kier alpha value is -3.81. The topological polar surface area (TPSA) is 107 Å². The number of aromatic nitrogens is 2. The van der Waals surface area contributed by atoms with Gasteiger partial charge in [0, 0.05) is 30.1 Å². The molecule has 1 amide bonds. The highest BCUT2D eigenvalue weighted by Crippen LogP contribution is 2.23. The van der Waals surface area contributed by atoms with Crippen molar-refractivity contribution in [1.29, 1.82) is 0 Å². The number of carbonyl (C=O) groups excluding carboxylic acids is 3. The zero-order chi connectivity index (χ0) is 21.3. The maximum absolute atomic E-state index is 12.4. The normalized spacial score (nSPS) is 12.9. The van der Waals surface area contributed by atoms with Crippen LogP contribution in [-0.2, 0) is 34.2 Å². The van der Waals surface area contributed by atoms with E-state index in [4.69, 9.17) is 4.74 Å². The number of carbonyl (C=O) groups is 3. The van der Waals surface area contributed by atoms with E-state index in [2.05, 4.69) is 10.4 Å². The lowest BCUT2D eigenvalue weighted by Gasteiger charge is -2.17. The van der Waals surface area contributed by atoms with Gasteiger partial charge in [-0.1, -0.05) is 18.2 Å². The van der Waals surface area contributed by atoms with E-state index in [1.54, 1.807) is 42.5 Å². The van der Waals surface area contributed by atoms with Gasteiger partial charge in [0.15, 0.2) is 12.4 Å². The van der Waals surface area contributed by atoms with Crippen LogP contribution in [0.25, 0.3) is 10.8 Å². The molecule has 152 valence electrons. The van der Waals surface area contributed by atoms with Crippen molar-refractivity contribution in [1.82, 2.24) is 9.78 Å². The summed E-state index contributed by atoms with van der Waals surface area (Å²) in [7, 11) is 1.52. The lowest BCUT2D eigenvalue weighted by molar-refractivity contribution is -0.141. The van der Waals surface area contributed by atoms with Crippen LogP contribution in [0, 0.1) is 0 Å². The summed E-state index contributed by atoms with van der Waals surface area (Å²) in [4.78, 5) is 48.4. The minimum atomic E-state index is -0.607. The van der Waals surface area contributed by atoms with Gasteiger partial charge in [-0.3, -0.25) is 19.2 Å². The zero-order valence-electron chi connectivity index (χ0n) is 16.3. The molecule has 30 heavy (non-hydrogen) atoms. The quantitative estimate of drug-likeness (QED) is 0.512. The Morgan fingerprint density at radius 2 is 1.87 bits per heavy atom. The number of hydrogen-bond donors (Lipinski definition) is 1. The number of hydrogen-bond acceptors (Lipinski definition) is 6. The Balaban J connectivity index is 1.44. The number of esters is 1. The fourth-order valence-electron chi connectivity index (χ4n) is 3.48. The molecule has 8 nitrogen and oxygen atoms in total. The number of ketones is 1. The van der Waals surface area contributed by atoms with E-state index in [9.17, 15) is 19.2 Å². The van der Waals surface area contributed by atoms with Crippen molar-refractivity contribution >= 4 is 34.1 Å². The largest absolute Gasteiger partial charge is 0.457 e. The van der Waals surface area contributed by atoms with E-state index < -0.39 is 12.6 Å². The standard InChI is InChI=1S/C22H19N3O5/c1-25-22(29)16-5-3-2-4-15(16)18(24-25)11-21(28)30-12-19(26)14-6-8-17-13(10-14)7-9-20(27)23-17/h2-6,8,10H,7,9,11-12H2,1H3,(H,23,27). The van der Waals surface area contributed by atoms with E-state index in [1.165, 1.54) is 11.7 Å². The first-order valence-electron chi connectivity index (χ1n) is 9.49. The number of aryl methyl sites for hydroxylation is 2. The summed E-state index contributed by atoms with van der Waals surface area (Å²) in [5.41, 5.74) is 2.17. The van der Waals surface area contributed by atoms with Crippen molar-refractivity contribution in [2.24, 2.45) is 7.05 Å². The van der Waals surface area contributed by atoms with Gasteiger partial charge in [0.2, 0.25) is 5.91 Å². The molecule has 2 heterocycles. The van der Waals surface area contributed by atoms with Crippen LogP contribution < -0.4 is 10.9 Å². The van der Waals surface area contributed by atoms with Crippen molar-refractivity contribution in [2.45, 2.75) is 19.3 Å². The van der Waals surface area contributed by atoms with Crippen molar-refractivity contribution in [3.05, 3.63) is 69.6 Å². The maximum atomic E-state index is 12.4. The number of fused-ring (bicyclic) bond motifs is 2. The predicted octanol–water partition coefficient (Wildman–Crippen LogP) is 1.79. The second-order valence-electron chi connectivity index (χ2n) is 7.10. The Bertz CT molecular complexity index is 1250. The third-order valence-corrected chi connectivity index (χ3v) is 5.03. The minimum absolute atomic E-state index is 0.0462. The molecule has 3 aromatic rings. The average Bonchev–Trinajstić information content (AvgIpc) is 2.75. The molecule has 1 aromatic heterocycles. The van der Waals surface area contributed by atoms with Gasteiger partial charge < -0.3 is 10.1 Å². The van der Waals surface area contributed by atoms with Crippen LogP contribution in [0.2, 0.25) is 0 Å². The molecule has 0 spiro atoms. The lowest BCUT2D eigenvalue weighted by atomic mass is 9.99. The van der Waals surface area contributed by atoms with Gasteiger partial charge in [0.05, 0.1) is 17.5 Å². The van der Waals surface area contributed by atoms with Gasteiger partial charge in [0.1, 0.15) is 0 Å². The van der Waals surface area contributed by atoms with E-state index in [0.717, 1.165) is 5.56 Å². The number of amides is 1. The Morgan fingerprint density at radius 3 is 2.67 bits per heavy atom. The number of benzene rings is 2. The van der Waals surface area contributed by atoms with Crippen molar-refractivity contribution in [2.75, 3.05) is 11.9 Å². The van der Waals surface area contributed by atoms with E-state index in [0.29, 0.717) is 40.6 Å². The first-order valence-corrected chi connectivity index (χ1v) is 9.49. The highest BCUT2D eigenvalue weighted by molar-refractivity contribution is 6.00. The number of nitrogens with one attached hydrogen (secondary N) is 1. The summed E-state index contributed by atoms with van der Waals surface area (Å²) >= 11 is 0.